The number of rotatable bonds is 10. The van der Waals surface area contributed by atoms with E-state index in [0.717, 1.165) is 35.1 Å². The molecule has 0 aliphatic heterocycles. The lowest BCUT2D eigenvalue weighted by Gasteiger charge is -2.16. The van der Waals surface area contributed by atoms with Gasteiger partial charge in [0.2, 0.25) is 11.5 Å². The number of carboxylic acids is 1. The summed E-state index contributed by atoms with van der Waals surface area (Å²) >= 11 is 0. The third-order valence-electron chi connectivity index (χ3n) is 5.93. The molecule has 0 bridgehead atoms. The molecule has 10 heteroatoms. The van der Waals surface area contributed by atoms with Crippen LogP contribution in [0.4, 0.5) is 10.6 Å². The number of ether oxygens (including phenoxy) is 1. The number of nitrogens with zero attached hydrogens (tertiary/aromatic N) is 2. The summed E-state index contributed by atoms with van der Waals surface area (Å²) in [5.41, 5.74) is 4.10. The number of aromatic nitrogens is 2. The number of aliphatic carboxylic acids is 1. The van der Waals surface area contributed by atoms with Crippen molar-refractivity contribution >= 4 is 23.8 Å². The van der Waals surface area contributed by atoms with Gasteiger partial charge in [0.05, 0.1) is 6.42 Å². The molecule has 0 radical (unpaired) electrons. The quantitative estimate of drug-likeness (QED) is 0.393. The third-order valence-corrected chi connectivity index (χ3v) is 5.93. The van der Waals surface area contributed by atoms with Crippen molar-refractivity contribution in [3.63, 3.8) is 0 Å². The number of amides is 2. The second-order valence-electron chi connectivity index (χ2n) is 8.32. The van der Waals surface area contributed by atoms with E-state index < -0.39 is 24.0 Å². The topological polar surface area (TPSA) is 144 Å². The third kappa shape index (κ3) is 5.48. The molecule has 1 heterocycles. The molecule has 2 amide bonds. The zero-order valence-corrected chi connectivity index (χ0v) is 19.2. The largest absolute Gasteiger partial charge is 0.481 e. The highest BCUT2D eigenvalue weighted by Gasteiger charge is 2.30. The summed E-state index contributed by atoms with van der Waals surface area (Å²) in [7, 11) is 0. The van der Waals surface area contributed by atoms with Gasteiger partial charge in [-0.15, -0.1) is 0 Å². The molecule has 0 saturated carbocycles. The van der Waals surface area contributed by atoms with Crippen molar-refractivity contribution < 1.29 is 28.9 Å². The van der Waals surface area contributed by atoms with E-state index in [1.54, 1.807) is 0 Å². The summed E-state index contributed by atoms with van der Waals surface area (Å²) < 4.78 is 10.1. The first-order valence-electron chi connectivity index (χ1n) is 11.4. The molecule has 35 heavy (non-hydrogen) atoms. The number of unbranched alkanes of at least 4 members (excludes halogenated alkanes) is 1. The summed E-state index contributed by atoms with van der Waals surface area (Å²) in [4.78, 5) is 36.3. The van der Waals surface area contributed by atoms with Crippen molar-refractivity contribution in [2.45, 2.75) is 44.6 Å². The minimum atomic E-state index is -1.03. The van der Waals surface area contributed by atoms with Crippen LogP contribution in [-0.4, -0.2) is 46.0 Å². The Morgan fingerprint density at radius 1 is 1.06 bits per heavy atom. The molecule has 2 aromatic carbocycles. The Bertz CT molecular complexity index is 1180. The first kappa shape index (κ1) is 23.9. The zero-order valence-electron chi connectivity index (χ0n) is 19.2. The fourth-order valence-corrected chi connectivity index (χ4v) is 4.29. The molecule has 1 atom stereocenters. The van der Waals surface area contributed by atoms with E-state index in [1.807, 2.05) is 55.5 Å². The van der Waals surface area contributed by atoms with Gasteiger partial charge >= 0.3 is 12.1 Å². The molecule has 1 aromatic heterocycles. The maximum Gasteiger partial charge on any atom is 0.412 e. The second kappa shape index (κ2) is 10.8. The summed E-state index contributed by atoms with van der Waals surface area (Å²) in [6.45, 7) is 2.06. The minimum absolute atomic E-state index is 0.0877. The lowest BCUT2D eigenvalue weighted by atomic mass is 9.98. The van der Waals surface area contributed by atoms with Gasteiger partial charge in [-0.25, -0.2) is 9.42 Å². The van der Waals surface area contributed by atoms with Crippen molar-refractivity contribution in [2.24, 2.45) is 0 Å². The van der Waals surface area contributed by atoms with Gasteiger partial charge in [0, 0.05) is 12.0 Å². The molecule has 0 fully saturated rings. The van der Waals surface area contributed by atoms with E-state index in [2.05, 4.69) is 25.6 Å². The van der Waals surface area contributed by atoms with Crippen LogP contribution in [0.15, 0.2) is 53.2 Å². The molecule has 4 rings (SSSR count). The number of hydrogen-bond acceptors (Lipinski definition) is 7. The molecule has 1 aliphatic carbocycles. The van der Waals surface area contributed by atoms with Crippen molar-refractivity contribution in [2.75, 3.05) is 11.9 Å². The molecule has 0 saturated heterocycles. The molecule has 1 unspecified atom stereocenters. The highest BCUT2D eigenvalue weighted by atomic mass is 16.6. The lowest BCUT2D eigenvalue weighted by Crippen LogP contribution is -2.37. The van der Waals surface area contributed by atoms with Crippen LogP contribution in [-0.2, 0) is 9.53 Å². The molecule has 182 valence electrons. The normalized spacial score (nSPS) is 12.9. The van der Waals surface area contributed by atoms with E-state index in [0.29, 0.717) is 6.42 Å². The Balaban J connectivity index is 1.39. The predicted molar refractivity (Wildman–Crippen MR) is 126 cm³/mol. The van der Waals surface area contributed by atoms with Crippen molar-refractivity contribution in [3.8, 4) is 11.1 Å². The Morgan fingerprint density at radius 3 is 2.34 bits per heavy atom. The number of benzene rings is 2. The Hall–Kier alpha value is -4.21. The summed E-state index contributed by atoms with van der Waals surface area (Å²) in [6.07, 6.45) is 1.05. The summed E-state index contributed by atoms with van der Waals surface area (Å²) in [5.74, 6) is -2.05. The van der Waals surface area contributed by atoms with Crippen molar-refractivity contribution in [3.05, 3.63) is 65.4 Å². The lowest BCUT2D eigenvalue weighted by molar-refractivity contribution is -0.137. The molecule has 3 N–H and O–H groups in total. The fraction of sp³-hybridized carbons (Fsp3) is 0.320. The SMILES string of the molecule is CCCCC(CC(=O)O)NC(=O)c1nonc1NC(=O)OCC1c2ccccc2-c2ccccc21. The highest BCUT2D eigenvalue weighted by molar-refractivity contribution is 5.99. The van der Waals surface area contributed by atoms with Crippen LogP contribution in [0, 0.1) is 0 Å². The first-order valence-corrected chi connectivity index (χ1v) is 11.4. The summed E-state index contributed by atoms with van der Waals surface area (Å²) in [5, 5.41) is 21.3. The van der Waals surface area contributed by atoms with Crippen LogP contribution in [0.1, 0.15) is 60.1 Å². The molecule has 1 aliphatic rings. The zero-order chi connectivity index (χ0) is 24.8. The van der Waals surface area contributed by atoms with Crippen LogP contribution in [0.5, 0.6) is 0 Å². The second-order valence-corrected chi connectivity index (χ2v) is 8.32. The van der Waals surface area contributed by atoms with Gasteiger partial charge in [0.15, 0.2) is 0 Å². The molecule has 0 spiro atoms. The van der Waals surface area contributed by atoms with E-state index in [-0.39, 0.29) is 30.5 Å². The van der Waals surface area contributed by atoms with Gasteiger partial charge in [-0.1, -0.05) is 68.3 Å². The minimum Gasteiger partial charge on any atom is -0.481 e. The Morgan fingerprint density at radius 2 is 1.71 bits per heavy atom. The number of carboxylic acid groups (broad SMARTS) is 1. The van der Waals surface area contributed by atoms with Gasteiger partial charge in [0.25, 0.3) is 5.91 Å². The van der Waals surface area contributed by atoms with E-state index in [9.17, 15) is 14.4 Å². The number of carbonyl (C=O) groups excluding carboxylic acids is 2. The van der Waals surface area contributed by atoms with Gasteiger partial charge in [-0.2, -0.15) is 0 Å². The number of hydrogen-bond donors (Lipinski definition) is 3. The predicted octanol–water partition coefficient (Wildman–Crippen LogP) is 4.19. The Kier molecular flexibility index (Phi) is 7.39. The van der Waals surface area contributed by atoms with E-state index in [4.69, 9.17) is 9.84 Å². The Labute approximate surface area is 201 Å². The standard InChI is InChI=1S/C25H26N4O6/c1-2-3-8-15(13-21(30)31)26-24(32)22-23(29-35-28-22)27-25(33)34-14-20-18-11-6-4-9-16(18)17-10-5-7-12-19(17)20/h4-7,9-12,15,20H,2-3,8,13-14H2,1H3,(H,26,32)(H,30,31)(H,27,29,33). The van der Waals surface area contributed by atoms with Crippen LogP contribution in [0.2, 0.25) is 0 Å². The van der Waals surface area contributed by atoms with E-state index in [1.165, 1.54) is 0 Å². The van der Waals surface area contributed by atoms with Crippen LogP contribution >= 0.6 is 0 Å². The van der Waals surface area contributed by atoms with Crippen molar-refractivity contribution in [1.29, 1.82) is 0 Å². The van der Waals surface area contributed by atoms with Gasteiger partial charge < -0.3 is 15.2 Å². The smallest absolute Gasteiger partial charge is 0.412 e. The monoisotopic (exact) mass is 478 g/mol. The fourth-order valence-electron chi connectivity index (χ4n) is 4.29. The average Bonchev–Trinajstić information content (AvgIpc) is 3.43. The highest BCUT2D eigenvalue weighted by Crippen LogP contribution is 2.44. The maximum absolute atomic E-state index is 12.6. The number of anilines is 1. The average molecular weight is 479 g/mol. The number of fused-ring (bicyclic) bond motifs is 3. The molecule has 10 nitrogen and oxygen atoms in total. The molecular formula is C25H26N4O6. The summed E-state index contributed by atoms with van der Waals surface area (Å²) in [6, 6.07) is 15.4. The maximum atomic E-state index is 12.6. The molecule has 3 aromatic rings. The van der Waals surface area contributed by atoms with Gasteiger partial charge in [0.1, 0.15) is 6.61 Å². The number of nitrogens with one attached hydrogen (secondary N) is 2. The van der Waals surface area contributed by atoms with Gasteiger partial charge in [-0.3, -0.25) is 14.9 Å². The van der Waals surface area contributed by atoms with Crippen LogP contribution < -0.4 is 10.6 Å². The first-order chi connectivity index (χ1) is 17.0. The number of carbonyl (C=O) groups is 3. The molecular weight excluding hydrogens is 452 g/mol. The van der Waals surface area contributed by atoms with Gasteiger partial charge in [-0.05, 0) is 39.0 Å². The van der Waals surface area contributed by atoms with Crippen molar-refractivity contribution in [1.82, 2.24) is 15.6 Å². The van der Waals surface area contributed by atoms with Crippen LogP contribution in [0.3, 0.4) is 0 Å². The van der Waals surface area contributed by atoms with Crippen LogP contribution in [0.25, 0.3) is 11.1 Å². The van der Waals surface area contributed by atoms with E-state index >= 15 is 0 Å².